The molecule has 1 N–H and O–H groups in total. The second-order valence-corrected chi connectivity index (χ2v) is 7.21. The van der Waals surface area contributed by atoms with Gasteiger partial charge in [-0.2, -0.15) is 0 Å². The zero-order chi connectivity index (χ0) is 20.5. The average molecular weight is 390 g/mol. The molecule has 3 aromatic carbocycles. The molecule has 144 valence electrons. The molecule has 1 aliphatic rings. The van der Waals surface area contributed by atoms with E-state index in [4.69, 9.17) is 4.42 Å². The third kappa shape index (κ3) is 2.23. The van der Waals surface area contributed by atoms with Crippen LogP contribution in [0.15, 0.2) is 57.7 Å². The number of hydrogen-bond acceptors (Lipinski definition) is 6. The van der Waals surface area contributed by atoms with Gasteiger partial charge in [0.25, 0.3) is 5.69 Å². The SMILES string of the molecule is Cn1c(=O)oc2cc([N+](=O)[O-])c(CC3(O)C(=O)c4cccc5cccc3c45)cc21. The van der Waals surface area contributed by atoms with Gasteiger partial charge in [-0.1, -0.05) is 36.4 Å². The number of aliphatic hydroxyl groups is 1. The number of rotatable bonds is 3. The standard InChI is InChI=1S/C21H14N2O6/c1-22-16-8-12(15(23(27)28)9-17(16)29-20(22)25)10-21(26)14-7-3-5-11-4-2-6-13(18(11)14)19(21)24/h2-9,26H,10H2,1H3. The minimum absolute atomic E-state index is 0.0723. The molecular formula is C21H14N2O6. The summed E-state index contributed by atoms with van der Waals surface area (Å²) in [7, 11) is 1.48. The summed E-state index contributed by atoms with van der Waals surface area (Å²) in [5.41, 5.74) is -0.894. The monoisotopic (exact) mass is 390 g/mol. The Morgan fingerprint density at radius 1 is 1.17 bits per heavy atom. The van der Waals surface area contributed by atoms with E-state index in [-0.39, 0.29) is 23.3 Å². The van der Waals surface area contributed by atoms with E-state index in [9.17, 15) is 24.8 Å². The van der Waals surface area contributed by atoms with Gasteiger partial charge in [0, 0.05) is 30.2 Å². The van der Waals surface area contributed by atoms with Gasteiger partial charge in [-0.15, -0.1) is 0 Å². The molecule has 0 amide bonds. The van der Waals surface area contributed by atoms with E-state index in [0.717, 1.165) is 11.5 Å². The molecule has 0 bridgehead atoms. The van der Waals surface area contributed by atoms with Gasteiger partial charge in [0.05, 0.1) is 16.5 Å². The first-order chi connectivity index (χ1) is 13.8. The third-order valence-corrected chi connectivity index (χ3v) is 5.61. The Morgan fingerprint density at radius 2 is 1.90 bits per heavy atom. The molecule has 8 nitrogen and oxygen atoms in total. The van der Waals surface area contributed by atoms with E-state index in [2.05, 4.69) is 0 Å². The summed E-state index contributed by atoms with van der Waals surface area (Å²) in [4.78, 5) is 35.9. The fourth-order valence-corrected chi connectivity index (χ4v) is 4.19. The summed E-state index contributed by atoms with van der Waals surface area (Å²) >= 11 is 0. The second-order valence-electron chi connectivity index (χ2n) is 7.21. The van der Waals surface area contributed by atoms with Crippen LogP contribution in [-0.2, 0) is 19.1 Å². The Hall–Kier alpha value is -3.78. The van der Waals surface area contributed by atoms with Crippen LogP contribution in [0.3, 0.4) is 0 Å². The molecule has 5 rings (SSSR count). The van der Waals surface area contributed by atoms with Crippen molar-refractivity contribution in [3.8, 4) is 0 Å². The zero-order valence-electron chi connectivity index (χ0n) is 15.2. The molecular weight excluding hydrogens is 376 g/mol. The minimum Gasteiger partial charge on any atom is -0.407 e. The topological polar surface area (TPSA) is 116 Å². The van der Waals surface area contributed by atoms with Crippen molar-refractivity contribution in [2.24, 2.45) is 7.05 Å². The molecule has 0 saturated carbocycles. The fourth-order valence-electron chi connectivity index (χ4n) is 4.19. The van der Waals surface area contributed by atoms with Crippen LogP contribution in [0.2, 0.25) is 0 Å². The van der Waals surface area contributed by atoms with Gasteiger partial charge in [-0.3, -0.25) is 19.5 Å². The van der Waals surface area contributed by atoms with Crippen molar-refractivity contribution in [1.29, 1.82) is 0 Å². The smallest absolute Gasteiger partial charge is 0.407 e. The van der Waals surface area contributed by atoms with E-state index in [1.54, 1.807) is 24.3 Å². The van der Waals surface area contributed by atoms with Gasteiger partial charge in [0.1, 0.15) is 0 Å². The van der Waals surface area contributed by atoms with Crippen LogP contribution in [0.1, 0.15) is 21.5 Å². The predicted molar refractivity (Wildman–Crippen MR) is 104 cm³/mol. The van der Waals surface area contributed by atoms with Gasteiger partial charge >= 0.3 is 5.76 Å². The van der Waals surface area contributed by atoms with Gasteiger partial charge < -0.3 is 9.52 Å². The van der Waals surface area contributed by atoms with E-state index < -0.39 is 22.1 Å². The van der Waals surface area contributed by atoms with Crippen LogP contribution in [-0.4, -0.2) is 20.4 Å². The highest BCUT2D eigenvalue weighted by atomic mass is 16.6. The quantitative estimate of drug-likeness (QED) is 0.425. The maximum atomic E-state index is 13.1. The number of nitro benzene ring substituents is 1. The lowest BCUT2D eigenvalue weighted by Gasteiger charge is -2.22. The number of nitro groups is 1. The largest absolute Gasteiger partial charge is 0.419 e. The van der Waals surface area contributed by atoms with Crippen molar-refractivity contribution in [2.75, 3.05) is 0 Å². The molecule has 0 radical (unpaired) electrons. The number of aryl methyl sites for hydroxylation is 1. The van der Waals surface area contributed by atoms with Crippen molar-refractivity contribution in [3.05, 3.63) is 85.9 Å². The summed E-state index contributed by atoms with van der Waals surface area (Å²) in [6.07, 6.45) is -0.300. The van der Waals surface area contributed by atoms with Gasteiger partial charge in [-0.25, -0.2) is 4.79 Å². The molecule has 0 spiro atoms. The highest BCUT2D eigenvalue weighted by molar-refractivity contribution is 6.19. The summed E-state index contributed by atoms with van der Waals surface area (Å²) in [5.74, 6) is -1.15. The van der Waals surface area contributed by atoms with Gasteiger partial charge in [0.2, 0.25) is 0 Å². The first kappa shape index (κ1) is 17.3. The number of oxazole rings is 1. The third-order valence-electron chi connectivity index (χ3n) is 5.61. The number of Topliss-reactive ketones (excluding diaryl/α,β-unsaturated/α-hetero) is 1. The number of hydrogen-bond donors (Lipinski definition) is 1. The number of nitrogens with zero attached hydrogens (tertiary/aromatic N) is 2. The Bertz CT molecular complexity index is 1430. The number of ketones is 1. The number of aromatic nitrogens is 1. The number of carbonyl (C=O) groups is 1. The molecule has 1 heterocycles. The Kier molecular flexibility index (Phi) is 3.36. The van der Waals surface area contributed by atoms with Crippen molar-refractivity contribution in [3.63, 3.8) is 0 Å². The first-order valence-corrected chi connectivity index (χ1v) is 8.87. The normalized spacial score (nSPS) is 18.1. The average Bonchev–Trinajstić information content (AvgIpc) is 3.09. The lowest BCUT2D eigenvalue weighted by Crippen LogP contribution is -2.34. The molecule has 0 aliphatic heterocycles. The molecule has 4 aromatic rings. The van der Waals surface area contributed by atoms with Crippen LogP contribution in [0.4, 0.5) is 5.69 Å². The summed E-state index contributed by atoms with van der Waals surface area (Å²) in [6.45, 7) is 0. The minimum atomic E-state index is -1.94. The van der Waals surface area contributed by atoms with Crippen molar-refractivity contribution >= 4 is 33.3 Å². The molecule has 1 aromatic heterocycles. The highest BCUT2D eigenvalue weighted by Crippen LogP contribution is 2.44. The predicted octanol–water partition coefficient (Wildman–Crippen LogP) is 2.82. The van der Waals surface area contributed by atoms with E-state index in [1.807, 2.05) is 12.1 Å². The Morgan fingerprint density at radius 3 is 2.62 bits per heavy atom. The van der Waals surface area contributed by atoms with E-state index in [0.29, 0.717) is 22.0 Å². The molecule has 0 saturated heterocycles. The number of benzene rings is 3. The summed E-state index contributed by atoms with van der Waals surface area (Å²) in [5, 5.41) is 24.5. The molecule has 1 atom stereocenters. The van der Waals surface area contributed by atoms with Crippen LogP contribution in [0.5, 0.6) is 0 Å². The molecule has 29 heavy (non-hydrogen) atoms. The maximum absolute atomic E-state index is 13.1. The van der Waals surface area contributed by atoms with Crippen molar-refractivity contribution in [1.82, 2.24) is 4.57 Å². The fraction of sp³-hybridized carbons (Fsp3) is 0.143. The van der Waals surface area contributed by atoms with E-state index >= 15 is 0 Å². The Labute approximate surface area is 162 Å². The van der Waals surface area contributed by atoms with Crippen molar-refractivity contribution < 1.29 is 19.2 Å². The highest BCUT2D eigenvalue weighted by Gasteiger charge is 2.47. The summed E-state index contributed by atoms with van der Waals surface area (Å²) in [6, 6.07) is 13.0. The van der Waals surface area contributed by atoms with Crippen LogP contribution >= 0.6 is 0 Å². The van der Waals surface area contributed by atoms with Gasteiger partial charge in [0.15, 0.2) is 17.0 Å². The molecule has 8 heteroatoms. The molecule has 0 fully saturated rings. The van der Waals surface area contributed by atoms with Crippen LogP contribution in [0, 0.1) is 10.1 Å². The van der Waals surface area contributed by atoms with Crippen LogP contribution in [0.25, 0.3) is 21.9 Å². The van der Waals surface area contributed by atoms with Crippen LogP contribution < -0.4 is 5.76 Å². The Balaban J connectivity index is 1.74. The van der Waals surface area contributed by atoms with E-state index in [1.165, 1.54) is 17.7 Å². The second kappa shape index (κ2) is 5.62. The molecule has 1 aliphatic carbocycles. The lowest BCUT2D eigenvalue weighted by molar-refractivity contribution is -0.385. The van der Waals surface area contributed by atoms with Gasteiger partial charge in [-0.05, 0) is 16.8 Å². The number of carbonyl (C=O) groups excluding carboxylic acids is 1. The lowest BCUT2D eigenvalue weighted by atomic mass is 9.86. The maximum Gasteiger partial charge on any atom is 0.419 e. The first-order valence-electron chi connectivity index (χ1n) is 8.87. The summed E-state index contributed by atoms with van der Waals surface area (Å²) < 4.78 is 6.25. The van der Waals surface area contributed by atoms with Crippen molar-refractivity contribution in [2.45, 2.75) is 12.0 Å². The zero-order valence-corrected chi connectivity index (χ0v) is 15.2. The molecule has 1 unspecified atom stereocenters. The number of fused-ring (bicyclic) bond motifs is 1.